The van der Waals surface area contributed by atoms with Gasteiger partial charge < -0.3 is 9.64 Å². The normalized spacial score (nSPS) is 20.5. The van der Waals surface area contributed by atoms with Crippen LogP contribution in [0.2, 0.25) is 0 Å². The van der Waals surface area contributed by atoms with Gasteiger partial charge in [-0.15, -0.1) is 0 Å². The van der Waals surface area contributed by atoms with Crippen molar-refractivity contribution in [1.29, 1.82) is 0 Å². The summed E-state index contributed by atoms with van der Waals surface area (Å²) < 4.78 is 4.74. The molecule has 1 rings (SSSR count). The van der Waals surface area contributed by atoms with Crippen LogP contribution >= 0.6 is 0 Å². The molecule has 1 aliphatic rings. The van der Waals surface area contributed by atoms with Gasteiger partial charge in [0.2, 0.25) is 5.91 Å². The summed E-state index contributed by atoms with van der Waals surface area (Å²) in [4.78, 5) is 25.2. The molecule has 0 aromatic rings. The molecule has 1 atom stereocenters. The lowest BCUT2D eigenvalue weighted by molar-refractivity contribution is -0.149. The van der Waals surface area contributed by atoms with Gasteiger partial charge in [0.15, 0.2) is 0 Å². The molecule has 0 aliphatic carbocycles. The van der Waals surface area contributed by atoms with Gasteiger partial charge in [0, 0.05) is 19.5 Å². The van der Waals surface area contributed by atoms with Crippen LogP contribution in [0.15, 0.2) is 0 Å². The number of amides is 1. The Morgan fingerprint density at radius 2 is 2.12 bits per heavy atom. The van der Waals surface area contributed by atoms with Crippen LogP contribution in [-0.2, 0) is 14.3 Å². The number of piperidine rings is 1. The number of nitrogens with zero attached hydrogens (tertiary/aromatic N) is 1. The molecule has 0 bridgehead atoms. The Balaban J connectivity index is 2.43. The van der Waals surface area contributed by atoms with Crippen LogP contribution in [0.25, 0.3) is 0 Å². The summed E-state index contributed by atoms with van der Waals surface area (Å²) in [6, 6.07) is 0. The van der Waals surface area contributed by atoms with Crippen molar-refractivity contribution in [3.8, 4) is 0 Å². The lowest BCUT2D eigenvalue weighted by Gasteiger charge is -2.31. The zero-order valence-electron chi connectivity index (χ0n) is 11.1. The molecular formula is C13H23NO3. The fourth-order valence-electron chi connectivity index (χ4n) is 2.13. The monoisotopic (exact) mass is 241 g/mol. The van der Waals surface area contributed by atoms with E-state index in [9.17, 15) is 9.59 Å². The molecule has 98 valence electrons. The van der Waals surface area contributed by atoms with Crippen LogP contribution in [0.4, 0.5) is 0 Å². The first kappa shape index (κ1) is 14.0. The minimum atomic E-state index is -0.189. The average molecular weight is 241 g/mol. The minimum Gasteiger partial charge on any atom is -0.469 e. The zero-order chi connectivity index (χ0) is 12.8. The van der Waals surface area contributed by atoms with Crippen LogP contribution in [-0.4, -0.2) is 37.0 Å². The van der Waals surface area contributed by atoms with Crippen molar-refractivity contribution in [2.24, 2.45) is 11.8 Å². The molecule has 1 heterocycles. The largest absolute Gasteiger partial charge is 0.469 e. The highest BCUT2D eigenvalue weighted by Crippen LogP contribution is 2.19. The number of carbonyl (C=O) groups excluding carboxylic acids is 2. The summed E-state index contributed by atoms with van der Waals surface area (Å²) in [5.41, 5.74) is 0. The van der Waals surface area contributed by atoms with Crippen molar-refractivity contribution in [2.45, 2.75) is 39.5 Å². The Kier molecular flexibility index (Phi) is 5.45. The van der Waals surface area contributed by atoms with E-state index in [0.717, 1.165) is 25.8 Å². The van der Waals surface area contributed by atoms with Crippen molar-refractivity contribution >= 4 is 11.9 Å². The van der Waals surface area contributed by atoms with Crippen LogP contribution in [0, 0.1) is 11.8 Å². The van der Waals surface area contributed by atoms with Crippen molar-refractivity contribution in [1.82, 2.24) is 4.90 Å². The standard InChI is InChI=1S/C13H23NO3/c1-10(2)6-7-12(15)14-8-4-5-11(9-14)13(16)17-3/h10-11H,4-9H2,1-3H3. The highest BCUT2D eigenvalue weighted by atomic mass is 16.5. The number of esters is 1. The van der Waals surface area contributed by atoms with E-state index in [2.05, 4.69) is 13.8 Å². The molecule has 0 saturated carbocycles. The second-order valence-corrected chi connectivity index (χ2v) is 5.13. The molecule has 1 unspecified atom stereocenters. The van der Waals surface area contributed by atoms with Gasteiger partial charge in [0.05, 0.1) is 13.0 Å². The molecule has 1 aliphatic heterocycles. The smallest absolute Gasteiger partial charge is 0.310 e. The molecule has 0 N–H and O–H groups in total. The molecule has 1 fully saturated rings. The molecule has 0 radical (unpaired) electrons. The van der Waals surface area contributed by atoms with Gasteiger partial charge in [0.25, 0.3) is 0 Å². The Morgan fingerprint density at radius 3 is 2.71 bits per heavy atom. The van der Waals surface area contributed by atoms with Gasteiger partial charge in [0.1, 0.15) is 0 Å². The first-order valence-electron chi connectivity index (χ1n) is 6.40. The summed E-state index contributed by atoms with van der Waals surface area (Å²) in [6.07, 6.45) is 3.23. The Bertz CT molecular complexity index is 276. The molecule has 0 aromatic carbocycles. The number of rotatable bonds is 4. The van der Waals surface area contributed by atoms with E-state index in [-0.39, 0.29) is 17.8 Å². The van der Waals surface area contributed by atoms with E-state index in [1.54, 1.807) is 0 Å². The fourth-order valence-corrected chi connectivity index (χ4v) is 2.13. The molecule has 1 saturated heterocycles. The summed E-state index contributed by atoms with van der Waals surface area (Å²) in [6.45, 7) is 5.54. The first-order chi connectivity index (χ1) is 8.04. The lowest BCUT2D eigenvalue weighted by Crippen LogP contribution is -2.42. The van der Waals surface area contributed by atoms with Crippen LogP contribution < -0.4 is 0 Å². The SMILES string of the molecule is COC(=O)C1CCCN(C(=O)CCC(C)C)C1. The third-order valence-electron chi connectivity index (χ3n) is 3.24. The predicted molar refractivity (Wildman–Crippen MR) is 65.4 cm³/mol. The van der Waals surface area contributed by atoms with Gasteiger partial charge in [-0.05, 0) is 25.2 Å². The second-order valence-electron chi connectivity index (χ2n) is 5.13. The van der Waals surface area contributed by atoms with Gasteiger partial charge >= 0.3 is 5.97 Å². The summed E-state index contributed by atoms with van der Waals surface area (Å²) in [7, 11) is 1.40. The van der Waals surface area contributed by atoms with Crippen LogP contribution in [0.1, 0.15) is 39.5 Å². The minimum absolute atomic E-state index is 0.128. The van der Waals surface area contributed by atoms with E-state index in [0.29, 0.717) is 18.9 Å². The predicted octanol–water partition coefficient (Wildman–Crippen LogP) is 1.83. The average Bonchev–Trinajstić information content (AvgIpc) is 2.35. The van der Waals surface area contributed by atoms with Crippen molar-refractivity contribution in [3.05, 3.63) is 0 Å². The van der Waals surface area contributed by atoms with Gasteiger partial charge in [-0.2, -0.15) is 0 Å². The Hall–Kier alpha value is -1.06. The molecular weight excluding hydrogens is 218 g/mol. The zero-order valence-corrected chi connectivity index (χ0v) is 11.1. The number of hydrogen-bond donors (Lipinski definition) is 0. The topological polar surface area (TPSA) is 46.6 Å². The molecule has 4 heteroatoms. The lowest BCUT2D eigenvalue weighted by atomic mass is 9.97. The van der Waals surface area contributed by atoms with Crippen molar-refractivity contribution in [2.75, 3.05) is 20.2 Å². The summed E-state index contributed by atoms with van der Waals surface area (Å²) >= 11 is 0. The molecule has 17 heavy (non-hydrogen) atoms. The van der Waals surface area contributed by atoms with E-state index in [4.69, 9.17) is 4.74 Å². The van der Waals surface area contributed by atoms with E-state index >= 15 is 0 Å². The number of likely N-dealkylation sites (tertiary alicyclic amines) is 1. The van der Waals surface area contributed by atoms with E-state index in [1.165, 1.54) is 7.11 Å². The van der Waals surface area contributed by atoms with Crippen molar-refractivity contribution < 1.29 is 14.3 Å². The highest BCUT2D eigenvalue weighted by Gasteiger charge is 2.28. The molecule has 0 spiro atoms. The maximum absolute atomic E-state index is 11.9. The van der Waals surface area contributed by atoms with E-state index < -0.39 is 0 Å². The summed E-state index contributed by atoms with van der Waals surface area (Å²) in [5.74, 6) is 0.399. The van der Waals surface area contributed by atoms with Gasteiger partial charge in [-0.25, -0.2) is 0 Å². The second kappa shape index (κ2) is 6.62. The first-order valence-corrected chi connectivity index (χ1v) is 6.40. The molecule has 1 amide bonds. The number of hydrogen-bond acceptors (Lipinski definition) is 3. The Morgan fingerprint density at radius 1 is 1.41 bits per heavy atom. The van der Waals surface area contributed by atoms with Gasteiger partial charge in [-0.3, -0.25) is 9.59 Å². The maximum atomic E-state index is 11.9. The maximum Gasteiger partial charge on any atom is 0.310 e. The third-order valence-corrected chi connectivity index (χ3v) is 3.24. The fraction of sp³-hybridized carbons (Fsp3) is 0.846. The number of methoxy groups -OCH3 is 1. The van der Waals surface area contributed by atoms with Crippen molar-refractivity contribution in [3.63, 3.8) is 0 Å². The summed E-state index contributed by atoms with van der Waals surface area (Å²) in [5, 5.41) is 0. The third kappa shape index (κ3) is 4.36. The van der Waals surface area contributed by atoms with Crippen LogP contribution in [0.3, 0.4) is 0 Å². The highest BCUT2D eigenvalue weighted by molar-refractivity contribution is 5.78. The number of carbonyl (C=O) groups is 2. The number of ether oxygens (including phenoxy) is 1. The Labute approximate surface area is 103 Å². The quantitative estimate of drug-likeness (QED) is 0.705. The molecule has 0 aromatic heterocycles. The van der Waals surface area contributed by atoms with E-state index in [1.807, 2.05) is 4.90 Å². The molecule has 4 nitrogen and oxygen atoms in total. The van der Waals surface area contributed by atoms with Gasteiger partial charge in [-0.1, -0.05) is 13.8 Å². The van der Waals surface area contributed by atoms with Crippen LogP contribution in [0.5, 0.6) is 0 Å².